The number of aromatic nitrogens is 2. The minimum absolute atomic E-state index is 0.150. The van der Waals surface area contributed by atoms with Crippen LogP contribution in [0, 0.1) is 0 Å². The molecule has 1 aliphatic rings. The lowest BCUT2D eigenvalue weighted by Gasteiger charge is -2.28. The Morgan fingerprint density at radius 3 is 2.94 bits per heavy atom. The Morgan fingerprint density at radius 1 is 1.22 bits per heavy atom. The van der Waals surface area contributed by atoms with Gasteiger partial charge in [0, 0.05) is 37.6 Å². The SMILES string of the molecule is O=C1c2ccccc2CCN1CCn1ccnc1. The zero-order valence-electron chi connectivity index (χ0n) is 10.1. The molecule has 0 fully saturated rings. The van der Waals surface area contributed by atoms with E-state index in [0.29, 0.717) is 0 Å². The Labute approximate surface area is 106 Å². The van der Waals surface area contributed by atoms with E-state index in [9.17, 15) is 4.79 Å². The quantitative estimate of drug-likeness (QED) is 0.818. The van der Waals surface area contributed by atoms with Gasteiger partial charge in [0.2, 0.25) is 0 Å². The van der Waals surface area contributed by atoms with Crippen LogP contribution in [0.2, 0.25) is 0 Å². The summed E-state index contributed by atoms with van der Waals surface area (Å²) in [6.45, 7) is 2.35. The summed E-state index contributed by atoms with van der Waals surface area (Å²) in [7, 11) is 0. The number of rotatable bonds is 3. The van der Waals surface area contributed by atoms with E-state index in [0.717, 1.165) is 31.6 Å². The molecule has 92 valence electrons. The molecule has 0 unspecified atom stereocenters. The van der Waals surface area contributed by atoms with Crippen LogP contribution >= 0.6 is 0 Å². The Kier molecular flexibility index (Phi) is 2.84. The van der Waals surface area contributed by atoms with Gasteiger partial charge in [-0.25, -0.2) is 4.98 Å². The first-order valence-electron chi connectivity index (χ1n) is 6.17. The summed E-state index contributed by atoms with van der Waals surface area (Å²) in [6, 6.07) is 7.88. The summed E-state index contributed by atoms with van der Waals surface area (Å²) in [5, 5.41) is 0. The number of imidazole rings is 1. The minimum atomic E-state index is 0.150. The summed E-state index contributed by atoms with van der Waals surface area (Å²) >= 11 is 0. The third-order valence-electron chi connectivity index (χ3n) is 3.37. The molecule has 1 amide bonds. The van der Waals surface area contributed by atoms with Crippen molar-refractivity contribution in [3.8, 4) is 0 Å². The fourth-order valence-corrected chi connectivity index (χ4v) is 2.34. The van der Waals surface area contributed by atoms with Crippen LogP contribution < -0.4 is 0 Å². The molecular weight excluding hydrogens is 226 g/mol. The van der Waals surface area contributed by atoms with Gasteiger partial charge in [-0.3, -0.25) is 4.79 Å². The second kappa shape index (κ2) is 4.64. The first kappa shape index (κ1) is 11.0. The molecule has 0 saturated heterocycles. The highest BCUT2D eigenvalue weighted by Gasteiger charge is 2.23. The highest BCUT2D eigenvalue weighted by molar-refractivity contribution is 5.96. The average molecular weight is 241 g/mol. The molecule has 1 aliphatic heterocycles. The number of benzene rings is 1. The van der Waals surface area contributed by atoms with Gasteiger partial charge in [0.15, 0.2) is 0 Å². The Bertz CT molecular complexity index is 548. The van der Waals surface area contributed by atoms with E-state index < -0.39 is 0 Å². The van der Waals surface area contributed by atoms with E-state index in [1.165, 1.54) is 5.56 Å². The third kappa shape index (κ3) is 2.01. The first-order valence-corrected chi connectivity index (χ1v) is 6.17. The van der Waals surface area contributed by atoms with Crippen molar-refractivity contribution < 1.29 is 4.79 Å². The highest BCUT2D eigenvalue weighted by Crippen LogP contribution is 2.18. The van der Waals surface area contributed by atoms with Gasteiger partial charge >= 0.3 is 0 Å². The Hall–Kier alpha value is -2.10. The van der Waals surface area contributed by atoms with Gasteiger partial charge in [0.25, 0.3) is 5.91 Å². The smallest absolute Gasteiger partial charge is 0.254 e. The monoisotopic (exact) mass is 241 g/mol. The van der Waals surface area contributed by atoms with Crippen LogP contribution in [0.15, 0.2) is 43.0 Å². The summed E-state index contributed by atoms with van der Waals surface area (Å²) < 4.78 is 1.99. The van der Waals surface area contributed by atoms with Gasteiger partial charge in [-0.05, 0) is 18.1 Å². The summed E-state index contributed by atoms with van der Waals surface area (Å²) in [5.74, 6) is 0.150. The van der Waals surface area contributed by atoms with E-state index in [1.807, 2.05) is 39.9 Å². The topological polar surface area (TPSA) is 38.1 Å². The summed E-state index contributed by atoms with van der Waals surface area (Å²) in [4.78, 5) is 18.2. The fraction of sp³-hybridized carbons (Fsp3) is 0.286. The van der Waals surface area contributed by atoms with Crippen LogP contribution in [0.5, 0.6) is 0 Å². The molecular formula is C14H15N3O. The second-order valence-electron chi connectivity index (χ2n) is 4.50. The molecule has 4 nitrogen and oxygen atoms in total. The molecule has 0 radical (unpaired) electrons. The molecule has 4 heteroatoms. The number of hydrogen-bond acceptors (Lipinski definition) is 2. The maximum absolute atomic E-state index is 12.3. The van der Waals surface area contributed by atoms with Gasteiger partial charge in [0.1, 0.15) is 0 Å². The van der Waals surface area contributed by atoms with Crippen molar-refractivity contribution >= 4 is 5.91 Å². The van der Waals surface area contributed by atoms with Crippen molar-refractivity contribution in [2.45, 2.75) is 13.0 Å². The fourth-order valence-electron chi connectivity index (χ4n) is 2.34. The summed E-state index contributed by atoms with van der Waals surface area (Å²) in [5.41, 5.74) is 2.02. The molecule has 18 heavy (non-hydrogen) atoms. The molecule has 0 spiro atoms. The van der Waals surface area contributed by atoms with E-state index in [4.69, 9.17) is 0 Å². The standard InChI is InChI=1S/C14H15N3O/c18-14-13-4-2-1-3-12(13)5-7-17(14)10-9-16-8-6-15-11-16/h1-4,6,8,11H,5,7,9-10H2. The third-order valence-corrected chi connectivity index (χ3v) is 3.37. The first-order chi connectivity index (χ1) is 8.84. The lowest BCUT2D eigenvalue weighted by molar-refractivity contribution is 0.0734. The van der Waals surface area contributed by atoms with Crippen molar-refractivity contribution in [1.82, 2.24) is 14.5 Å². The van der Waals surface area contributed by atoms with E-state index in [-0.39, 0.29) is 5.91 Å². The molecule has 2 heterocycles. The molecule has 1 aromatic carbocycles. The van der Waals surface area contributed by atoms with Gasteiger partial charge in [-0.2, -0.15) is 0 Å². The number of nitrogens with zero attached hydrogens (tertiary/aromatic N) is 3. The van der Waals surface area contributed by atoms with Crippen molar-refractivity contribution in [3.05, 3.63) is 54.1 Å². The number of hydrogen-bond donors (Lipinski definition) is 0. The minimum Gasteiger partial charge on any atom is -0.337 e. The van der Waals surface area contributed by atoms with Crippen LogP contribution in [-0.2, 0) is 13.0 Å². The number of carbonyl (C=O) groups excluding carboxylic acids is 1. The lowest BCUT2D eigenvalue weighted by atomic mass is 9.99. The van der Waals surface area contributed by atoms with Crippen molar-refractivity contribution in [2.75, 3.05) is 13.1 Å². The molecule has 0 aliphatic carbocycles. The van der Waals surface area contributed by atoms with Crippen molar-refractivity contribution in [3.63, 3.8) is 0 Å². The second-order valence-corrected chi connectivity index (χ2v) is 4.50. The molecule has 0 N–H and O–H groups in total. The van der Waals surface area contributed by atoms with Crippen LogP contribution in [0.25, 0.3) is 0 Å². The maximum Gasteiger partial charge on any atom is 0.254 e. The van der Waals surface area contributed by atoms with Crippen molar-refractivity contribution in [2.24, 2.45) is 0 Å². The van der Waals surface area contributed by atoms with Gasteiger partial charge in [0.05, 0.1) is 6.33 Å². The normalized spacial score (nSPS) is 14.7. The molecule has 0 bridgehead atoms. The summed E-state index contributed by atoms with van der Waals surface area (Å²) in [6.07, 6.45) is 6.41. The van der Waals surface area contributed by atoms with Crippen LogP contribution in [0.1, 0.15) is 15.9 Å². The van der Waals surface area contributed by atoms with Crippen LogP contribution in [-0.4, -0.2) is 33.4 Å². The largest absolute Gasteiger partial charge is 0.337 e. The zero-order chi connectivity index (χ0) is 12.4. The van der Waals surface area contributed by atoms with Gasteiger partial charge < -0.3 is 9.47 Å². The van der Waals surface area contributed by atoms with E-state index in [2.05, 4.69) is 4.98 Å². The van der Waals surface area contributed by atoms with Crippen LogP contribution in [0.4, 0.5) is 0 Å². The highest BCUT2D eigenvalue weighted by atomic mass is 16.2. The van der Waals surface area contributed by atoms with Gasteiger partial charge in [-0.1, -0.05) is 18.2 Å². The van der Waals surface area contributed by atoms with Crippen LogP contribution in [0.3, 0.4) is 0 Å². The Balaban J connectivity index is 1.71. The Morgan fingerprint density at radius 2 is 2.11 bits per heavy atom. The average Bonchev–Trinajstić information content (AvgIpc) is 2.91. The zero-order valence-corrected chi connectivity index (χ0v) is 10.1. The molecule has 0 atom stereocenters. The number of fused-ring (bicyclic) bond motifs is 1. The predicted molar refractivity (Wildman–Crippen MR) is 68.3 cm³/mol. The maximum atomic E-state index is 12.3. The lowest BCUT2D eigenvalue weighted by Crippen LogP contribution is -2.39. The van der Waals surface area contributed by atoms with Crippen molar-refractivity contribution in [1.29, 1.82) is 0 Å². The number of amides is 1. The van der Waals surface area contributed by atoms with E-state index in [1.54, 1.807) is 12.5 Å². The number of carbonyl (C=O) groups is 1. The predicted octanol–water partition coefficient (Wildman–Crippen LogP) is 1.58. The van der Waals surface area contributed by atoms with Gasteiger partial charge in [-0.15, -0.1) is 0 Å². The molecule has 0 saturated carbocycles. The molecule has 1 aromatic heterocycles. The molecule has 3 rings (SSSR count). The van der Waals surface area contributed by atoms with E-state index >= 15 is 0 Å². The molecule has 2 aromatic rings.